The first kappa shape index (κ1) is 11.2. The highest BCUT2D eigenvalue weighted by molar-refractivity contribution is 6.00. The lowest BCUT2D eigenvalue weighted by molar-refractivity contribution is 0.0357. The lowest BCUT2D eigenvalue weighted by Gasteiger charge is -2.31. The molecule has 1 saturated carbocycles. The Morgan fingerprint density at radius 1 is 1.44 bits per heavy atom. The molecule has 0 unspecified atom stereocenters. The number of aliphatic hydroxyl groups is 1. The molecule has 5 nitrogen and oxygen atoms in total. The summed E-state index contributed by atoms with van der Waals surface area (Å²) < 4.78 is 1.97. The molecule has 0 spiro atoms. The van der Waals surface area contributed by atoms with Crippen molar-refractivity contribution < 1.29 is 15.0 Å². The highest BCUT2D eigenvalue weighted by atomic mass is 16.4. The Bertz CT molecular complexity index is 599. The maximum atomic E-state index is 11.1. The molecular weight excluding hydrogens is 232 g/mol. The van der Waals surface area contributed by atoms with E-state index in [1.54, 1.807) is 18.5 Å². The predicted molar refractivity (Wildman–Crippen MR) is 65.4 cm³/mol. The zero-order valence-corrected chi connectivity index (χ0v) is 9.78. The number of aliphatic hydroxyl groups excluding tert-OH is 1. The molecule has 94 valence electrons. The number of carboxylic acids is 1. The van der Waals surface area contributed by atoms with Gasteiger partial charge in [0.1, 0.15) is 5.52 Å². The van der Waals surface area contributed by atoms with E-state index in [4.69, 9.17) is 5.11 Å². The first-order valence-corrected chi connectivity index (χ1v) is 6.00. The topological polar surface area (TPSA) is 75.3 Å². The fraction of sp³-hybridized carbons (Fsp3) is 0.385. The highest BCUT2D eigenvalue weighted by Gasteiger charge is 2.27. The third-order valence-corrected chi connectivity index (χ3v) is 3.55. The Kier molecular flexibility index (Phi) is 2.56. The van der Waals surface area contributed by atoms with E-state index in [9.17, 15) is 9.90 Å². The maximum Gasteiger partial charge on any atom is 0.337 e. The van der Waals surface area contributed by atoms with Crippen LogP contribution in [0.5, 0.6) is 0 Å². The summed E-state index contributed by atoms with van der Waals surface area (Å²) in [7, 11) is 0. The highest BCUT2D eigenvalue weighted by Crippen LogP contribution is 2.30. The number of aromatic nitrogens is 2. The van der Waals surface area contributed by atoms with Gasteiger partial charge >= 0.3 is 5.97 Å². The molecular formula is C13H14N2O3. The van der Waals surface area contributed by atoms with Crippen LogP contribution in [0.25, 0.3) is 11.0 Å². The first-order valence-electron chi connectivity index (χ1n) is 6.00. The Morgan fingerprint density at radius 3 is 2.89 bits per heavy atom. The van der Waals surface area contributed by atoms with Crippen LogP contribution in [0.4, 0.5) is 0 Å². The fourth-order valence-electron chi connectivity index (χ4n) is 2.53. The summed E-state index contributed by atoms with van der Waals surface area (Å²) in [5.41, 5.74) is 1.61. The molecule has 18 heavy (non-hydrogen) atoms. The summed E-state index contributed by atoms with van der Waals surface area (Å²) in [5.74, 6) is -0.490. The molecule has 0 amide bonds. The van der Waals surface area contributed by atoms with Gasteiger partial charge in [0, 0.05) is 6.54 Å². The second kappa shape index (κ2) is 4.10. The van der Waals surface area contributed by atoms with E-state index in [1.807, 2.05) is 10.6 Å². The number of fused-ring (bicyclic) bond motifs is 1. The van der Waals surface area contributed by atoms with Crippen molar-refractivity contribution >= 4 is 17.0 Å². The van der Waals surface area contributed by atoms with Crippen molar-refractivity contribution in [1.82, 2.24) is 9.55 Å². The van der Waals surface area contributed by atoms with Crippen LogP contribution in [0.1, 0.15) is 23.2 Å². The summed E-state index contributed by atoms with van der Waals surface area (Å²) in [6.07, 6.45) is 3.15. The largest absolute Gasteiger partial charge is 0.478 e. The third kappa shape index (κ3) is 1.76. The van der Waals surface area contributed by atoms with Crippen molar-refractivity contribution in [3.63, 3.8) is 0 Å². The van der Waals surface area contributed by atoms with Crippen LogP contribution in [0, 0.1) is 5.92 Å². The van der Waals surface area contributed by atoms with Gasteiger partial charge in [0.05, 0.1) is 23.5 Å². The van der Waals surface area contributed by atoms with Crippen LogP contribution in [-0.2, 0) is 6.54 Å². The molecule has 0 bridgehead atoms. The number of carboxylic acid groups (broad SMARTS) is 1. The molecule has 1 heterocycles. The number of hydrogen-bond donors (Lipinski definition) is 2. The van der Waals surface area contributed by atoms with Crippen molar-refractivity contribution in [1.29, 1.82) is 0 Å². The molecule has 0 saturated heterocycles. The van der Waals surface area contributed by atoms with Crippen LogP contribution < -0.4 is 0 Å². The van der Waals surface area contributed by atoms with Crippen LogP contribution >= 0.6 is 0 Å². The zero-order valence-electron chi connectivity index (χ0n) is 9.78. The number of nitrogens with zero attached hydrogens (tertiary/aromatic N) is 2. The zero-order chi connectivity index (χ0) is 12.7. The molecule has 3 rings (SSSR count). The molecule has 1 aromatic heterocycles. The summed E-state index contributed by atoms with van der Waals surface area (Å²) >= 11 is 0. The molecule has 1 aromatic carbocycles. The number of imidazole rings is 1. The van der Waals surface area contributed by atoms with Gasteiger partial charge < -0.3 is 14.8 Å². The minimum atomic E-state index is -0.954. The first-order chi connectivity index (χ1) is 8.65. The van der Waals surface area contributed by atoms with Crippen molar-refractivity contribution in [2.45, 2.75) is 25.5 Å². The monoisotopic (exact) mass is 246 g/mol. The van der Waals surface area contributed by atoms with E-state index in [0.29, 0.717) is 11.4 Å². The van der Waals surface area contributed by atoms with Gasteiger partial charge in [-0.05, 0) is 30.9 Å². The Labute approximate surface area is 104 Å². The van der Waals surface area contributed by atoms with E-state index >= 15 is 0 Å². The average Bonchev–Trinajstić information content (AvgIpc) is 2.70. The number of aromatic carboxylic acids is 1. The number of benzene rings is 1. The number of para-hydroxylation sites is 1. The van der Waals surface area contributed by atoms with Gasteiger partial charge in [-0.15, -0.1) is 0 Å². The third-order valence-electron chi connectivity index (χ3n) is 3.55. The van der Waals surface area contributed by atoms with Crippen molar-refractivity contribution in [2.75, 3.05) is 0 Å². The Balaban J connectivity index is 1.94. The van der Waals surface area contributed by atoms with Crippen molar-refractivity contribution in [2.24, 2.45) is 5.92 Å². The quantitative estimate of drug-likeness (QED) is 0.860. The van der Waals surface area contributed by atoms with E-state index < -0.39 is 5.97 Å². The number of hydrogen-bond acceptors (Lipinski definition) is 3. The maximum absolute atomic E-state index is 11.1. The van der Waals surface area contributed by atoms with Gasteiger partial charge in [0.2, 0.25) is 0 Å². The second-order valence-electron chi connectivity index (χ2n) is 4.87. The second-order valence-corrected chi connectivity index (χ2v) is 4.87. The van der Waals surface area contributed by atoms with Crippen LogP contribution in [0.15, 0.2) is 24.5 Å². The van der Waals surface area contributed by atoms with Crippen LogP contribution in [0.3, 0.4) is 0 Å². The van der Waals surface area contributed by atoms with Crippen LogP contribution in [-0.4, -0.2) is 31.8 Å². The normalized spacial score (nSPS) is 22.9. The summed E-state index contributed by atoms with van der Waals surface area (Å²) in [6, 6.07) is 5.18. The Hall–Kier alpha value is -1.88. The minimum absolute atomic E-state index is 0.167. The summed E-state index contributed by atoms with van der Waals surface area (Å²) in [6.45, 7) is 0.788. The van der Waals surface area contributed by atoms with Gasteiger partial charge in [0.25, 0.3) is 0 Å². The molecule has 1 aliphatic carbocycles. The van der Waals surface area contributed by atoms with Gasteiger partial charge in [-0.1, -0.05) is 6.07 Å². The standard InChI is InChI=1S/C13H14N2O3/c16-9-4-8(5-9)6-15-7-14-12-10(13(17)18)2-1-3-11(12)15/h1-3,7-9,16H,4-6H2,(H,17,18). The molecule has 2 N–H and O–H groups in total. The number of carbonyl (C=O) groups is 1. The van der Waals surface area contributed by atoms with E-state index in [-0.39, 0.29) is 11.7 Å². The molecule has 5 heteroatoms. The smallest absolute Gasteiger partial charge is 0.337 e. The van der Waals surface area contributed by atoms with Gasteiger partial charge in [-0.3, -0.25) is 0 Å². The molecule has 0 aliphatic heterocycles. The lowest BCUT2D eigenvalue weighted by atomic mass is 9.82. The molecule has 1 fully saturated rings. The molecule has 2 aromatic rings. The molecule has 1 aliphatic rings. The van der Waals surface area contributed by atoms with Gasteiger partial charge in [0.15, 0.2) is 0 Å². The summed E-state index contributed by atoms with van der Waals surface area (Å²) in [4.78, 5) is 15.3. The predicted octanol–water partition coefficient (Wildman–Crippen LogP) is 1.51. The molecule has 0 radical (unpaired) electrons. The van der Waals surface area contributed by atoms with Gasteiger partial charge in [-0.25, -0.2) is 9.78 Å². The SMILES string of the molecule is O=C(O)c1cccc2c1ncn2CC1CC(O)C1. The average molecular weight is 246 g/mol. The van der Waals surface area contributed by atoms with Gasteiger partial charge in [-0.2, -0.15) is 0 Å². The minimum Gasteiger partial charge on any atom is -0.478 e. The van der Waals surface area contributed by atoms with Crippen molar-refractivity contribution in [3.8, 4) is 0 Å². The van der Waals surface area contributed by atoms with Crippen LogP contribution in [0.2, 0.25) is 0 Å². The molecule has 0 atom stereocenters. The Morgan fingerprint density at radius 2 is 2.22 bits per heavy atom. The van der Waals surface area contributed by atoms with E-state index in [2.05, 4.69) is 4.98 Å². The summed E-state index contributed by atoms with van der Waals surface area (Å²) in [5, 5.41) is 18.4. The van der Waals surface area contributed by atoms with Crippen molar-refractivity contribution in [3.05, 3.63) is 30.1 Å². The van der Waals surface area contributed by atoms with E-state index in [1.165, 1.54) is 0 Å². The number of rotatable bonds is 3. The lowest BCUT2D eigenvalue weighted by Crippen LogP contribution is -2.31. The van der Waals surface area contributed by atoms with E-state index in [0.717, 1.165) is 24.9 Å². The fourth-order valence-corrected chi connectivity index (χ4v) is 2.53.